The maximum atomic E-state index is 14.9. The van der Waals surface area contributed by atoms with Crippen molar-refractivity contribution in [1.29, 1.82) is 0 Å². The first-order valence-corrected chi connectivity index (χ1v) is 9.73. The largest absolute Gasteiger partial charge is 0.478 e. The van der Waals surface area contributed by atoms with Crippen molar-refractivity contribution in [2.24, 2.45) is 7.05 Å². The Morgan fingerprint density at radius 3 is 2.53 bits per heavy atom. The Labute approximate surface area is 205 Å². The number of hydrogen-bond acceptors (Lipinski definition) is 3. The fourth-order valence-electron chi connectivity index (χ4n) is 2.98. The molecule has 1 N–H and O–H groups in total. The van der Waals surface area contributed by atoms with Gasteiger partial charge in [-0.1, -0.05) is 41.0 Å². The maximum absolute atomic E-state index is 14.9. The van der Waals surface area contributed by atoms with E-state index in [0.717, 1.165) is 11.8 Å². The number of fused-ring (bicyclic) bond motifs is 1. The predicted octanol–water partition coefficient (Wildman–Crippen LogP) is 5.42. The molecule has 2 aromatic carbocycles. The molecule has 0 unspecified atom stereocenters. The number of nitrogens with zero attached hydrogens (tertiary/aromatic N) is 3. The van der Waals surface area contributed by atoms with E-state index < -0.39 is 23.2 Å². The summed E-state index contributed by atoms with van der Waals surface area (Å²) in [6.45, 7) is 0. The molecule has 0 saturated heterocycles. The second kappa shape index (κ2) is 8.90. The van der Waals surface area contributed by atoms with Gasteiger partial charge in [-0.15, -0.1) is 0 Å². The van der Waals surface area contributed by atoms with Crippen molar-refractivity contribution >= 4 is 81.4 Å². The topological polar surface area (TPSA) is 60.0 Å². The van der Waals surface area contributed by atoms with E-state index in [4.69, 9.17) is 28.3 Å². The minimum Gasteiger partial charge on any atom is -0.478 e. The number of aromatic carboxylic acids is 1. The van der Waals surface area contributed by atoms with Crippen LogP contribution in [0.4, 0.5) is 8.78 Å². The summed E-state index contributed by atoms with van der Waals surface area (Å²) >= 11 is 13.5. The van der Waals surface area contributed by atoms with Crippen molar-refractivity contribution < 1.29 is 18.7 Å². The van der Waals surface area contributed by atoms with Crippen LogP contribution >= 0.6 is 35.0 Å². The third kappa shape index (κ3) is 3.88. The average molecular weight is 477 g/mol. The van der Waals surface area contributed by atoms with Gasteiger partial charge in [-0.3, -0.25) is 9.25 Å². The van der Waals surface area contributed by atoms with Crippen LogP contribution < -0.4 is 0 Å². The molecule has 0 aliphatic carbocycles. The Balaban J connectivity index is 0.00000256. The molecule has 0 spiro atoms. The van der Waals surface area contributed by atoms with E-state index in [1.54, 1.807) is 19.3 Å². The van der Waals surface area contributed by atoms with Crippen molar-refractivity contribution in [2.75, 3.05) is 0 Å². The summed E-state index contributed by atoms with van der Waals surface area (Å²) in [6.07, 6.45) is 3.15. The number of benzene rings is 2. The molecule has 149 valence electrons. The minimum absolute atomic E-state index is 0. The third-order valence-corrected chi connectivity index (χ3v) is 6.19. The minimum atomic E-state index is -1.38. The van der Waals surface area contributed by atoms with E-state index in [-0.39, 0.29) is 50.1 Å². The summed E-state index contributed by atoms with van der Waals surface area (Å²) in [5, 5.41) is 13.7. The van der Waals surface area contributed by atoms with Gasteiger partial charge >= 0.3 is 5.97 Å². The van der Waals surface area contributed by atoms with E-state index in [1.165, 1.54) is 39.7 Å². The van der Waals surface area contributed by atoms with E-state index in [0.29, 0.717) is 16.0 Å². The van der Waals surface area contributed by atoms with Crippen molar-refractivity contribution in [3.05, 3.63) is 70.1 Å². The zero-order chi connectivity index (χ0) is 20.9. The Kier molecular flexibility index (Phi) is 6.86. The summed E-state index contributed by atoms with van der Waals surface area (Å²) in [4.78, 5) is 11.6. The van der Waals surface area contributed by atoms with E-state index in [1.807, 2.05) is 0 Å². The van der Waals surface area contributed by atoms with Gasteiger partial charge in [0.25, 0.3) is 0 Å². The molecule has 5 nitrogen and oxygen atoms in total. The molecule has 2 heterocycles. The molecule has 0 saturated carbocycles. The number of aromatic nitrogens is 3. The number of aryl methyl sites for hydroxylation is 1. The third-order valence-electron chi connectivity index (χ3n) is 4.28. The van der Waals surface area contributed by atoms with Crippen molar-refractivity contribution in [1.82, 2.24) is 14.3 Å². The molecule has 1 radical (unpaired) electrons. The van der Waals surface area contributed by atoms with Crippen molar-refractivity contribution in [3.8, 4) is 5.69 Å². The number of hydrogen-bond donors (Lipinski definition) is 1. The second-order valence-electron chi connectivity index (χ2n) is 6.11. The Bertz CT molecular complexity index is 1290. The summed E-state index contributed by atoms with van der Waals surface area (Å²) in [5.74, 6) is -2.95. The first-order chi connectivity index (χ1) is 13.8. The smallest absolute Gasteiger partial charge is 0.338 e. The average Bonchev–Trinajstić information content (AvgIpc) is 3.21. The van der Waals surface area contributed by atoms with Gasteiger partial charge in [0.05, 0.1) is 32.9 Å². The molecule has 0 fully saturated rings. The second-order valence-corrected chi connectivity index (χ2v) is 7.93. The Morgan fingerprint density at radius 1 is 1.17 bits per heavy atom. The summed E-state index contributed by atoms with van der Waals surface area (Å²) < 4.78 is 32.6. The van der Waals surface area contributed by atoms with Crippen LogP contribution in [-0.4, -0.2) is 55.0 Å². The normalized spacial score (nSPS) is 11.0. The van der Waals surface area contributed by atoms with E-state index in [9.17, 15) is 13.6 Å². The molecule has 0 atom stereocenters. The molecule has 0 aliphatic rings. The molecule has 30 heavy (non-hydrogen) atoms. The van der Waals surface area contributed by atoms with Crippen LogP contribution in [0.3, 0.4) is 0 Å². The van der Waals surface area contributed by atoms with Crippen LogP contribution in [-0.2, 0) is 7.05 Å². The number of carboxylic acids is 1. The molecule has 0 amide bonds. The van der Waals surface area contributed by atoms with E-state index in [2.05, 4.69) is 5.10 Å². The fourth-order valence-corrected chi connectivity index (χ4v) is 4.55. The monoisotopic (exact) mass is 476 g/mol. The SMILES string of the molecule is Cn1cc(-n2c(Cl)c(Sc3cccc(C(=O)O)c3F)c3ccc(Cl)c(F)c32)cn1.[Na]. The molecule has 4 rings (SSSR count). The van der Waals surface area contributed by atoms with Crippen molar-refractivity contribution in [2.45, 2.75) is 9.79 Å². The zero-order valence-corrected chi connectivity index (χ0v) is 20.0. The van der Waals surface area contributed by atoms with Crippen LogP contribution in [0.1, 0.15) is 10.4 Å². The maximum Gasteiger partial charge on any atom is 0.338 e. The molecule has 11 heteroatoms. The Hall–Kier alpha value is -1.55. The van der Waals surface area contributed by atoms with Gasteiger partial charge in [-0.25, -0.2) is 13.6 Å². The summed E-state index contributed by atoms with van der Waals surface area (Å²) in [5.41, 5.74) is 0.152. The van der Waals surface area contributed by atoms with Crippen LogP contribution in [0.15, 0.2) is 52.5 Å². The quantitative estimate of drug-likeness (QED) is 0.399. The first kappa shape index (κ1) is 23.1. The number of carbonyl (C=O) groups is 1. The van der Waals surface area contributed by atoms with Crippen LogP contribution in [0, 0.1) is 11.6 Å². The van der Waals surface area contributed by atoms with Crippen LogP contribution in [0.2, 0.25) is 10.2 Å². The van der Waals surface area contributed by atoms with Crippen LogP contribution in [0.5, 0.6) is 0 Å². The number of rotatable bonds is 4. The van der Waals surface area contributed by atoms with Gasteiger partial charge in [0.15, 0.2) is 11.6 Å². The van der Waals surface area contributed by atoms with Crippen LogP contribution in [0.25, 0.3) is 16.6 Å². The molecule has 0 bridgehead atoms. The Morgan fingerprint density at radius 2 is 1.90 bits per heavy atom. The summed E-state index contributed by atoms with van der Waals surface area (Å²) in [6, 6.07) is 7.00. The molecule has 0 aliphatic heterocycles. The molecule has 4 aromatic rings. The number of carboxylic acid groups (broad SMARTS) is 1. The predicted molar refractivity (Wildman–Crippen MR) is 113 cm³/mol. The van der Waals surface area contributed by atoms with Gasteiger partial charge in [0, 0.05) is 53.1 Å². The van der Waals surface area contributed by atoms with E-state index >= 15 is 0 Å². The van der Waals surface area contributed by atoms with Gasteiger partial charge in [0.2, 0.25) is 0 Å². The van der Waals surface area contributed by atoms with Gasteiger partial charge in [-0.2, -0.15) is 5.10 Å². The van der Waals surface area contributed by atoms with Gasteiger partial charge < -0.3 is 5.11 Å². The van der Waals surface area contributed by atoms with Gasteiger partial charge in [0.1, 0.15) is 5.15 Å². The molecule has 2 aromatic heterocycles. The summed E-state index contributed by atoms with van der Waals surface area (Å²) in [7, 11) is 1.70. The first-order valence-electron chi connectivity index (χ1n) is 8.16. The molecular weight excluding hydrogens is 466 g/mol. The molecular formula is C19H11Cl2F2N3NaO2S. The van der Waals surface area contributed by atoms with Gasteiger partial charge in [-0.05, 0) is 24.3 Å². The standard InChI is InChI=1S/C19H11Cl2F2N3O2S.Na/c1-25-8-9(7-24-25)26-16-11(5-6-12(20)15(16)23)17(18(26)21)29-13-4-2-3-10(14(13)22)19(27)28;/h2-8H,1H3,(H,27,28);. The fraction of sp³-hybridized carbons (Fsp3) is 0.0526. The number of halogens is 4. The zero-order valence-electron chi connectivity index (χ0n) is 15.7. The van der Waals surface area contributed by atoms with Crippen molar-refractivity contribution in [3.63, 3.8) is 0 Å².